The molecule has 0 unspecified atom stereocenters. The van der Waals surface area contributed by atoms with E-state index in [9.17, 15) is 0 Å². The molecule has 0 saturated carbocycles. The van der Waals surface area contributed by atoms with Crippen LogP contribution >= 0.6 is 0 Å². The van der Waals surface area contributed by atoms with Gasteiger partial charge in [0.25, 0.3) is 0 Å². The van der Waals surface area contributed by atoms with Crippen LogP contribution in [0, 0.1) is 5.92 Å². The molecule has 0 spiro atoms. The fraction of sp³-hybridized carbons (Fsp3) is 0.667. The monoisotopic (exact) mass is 169 g/mol. The van der Waals surface area contributed by atoms with Gasteiger partial charge in [-0.25, -0.2) is 9.15 Å². The zero-order valence-electron chi connectivity index (χ0n) is 8.65. The van der Waals surface area contributed by atoms with E-state index in [2.05, 4.69) is 17.4 Å². The second-order valence-electron chi connectivity index (χ2n) is 3.21. The van der Waals surface area contributed by atoms with Crippen LogP contribution in [0.5, 0.6) is 0 Å². The topological polar surface area (TPSA) is 18.4 Å². The molecule has 3 heteroatoms. The summed E-state index contributed by atoms with van der Waals surface area (Å²) in [5.41, 5.74) is 0. The quantitative estimate of drug-likeness (QED) is 0.418. The van der Waals surface area contributed by atoms with Crippen LogP contribution in [0.25, 0.3) is 0 Å². The molecule has 0 radical (unpaired) electrons. The minimum Gasteiger partial charge on any atom is -0.299 e. The van der Waals surface area contributed by atoms with Crippen LogP contribution in [-0.4, -0.2) is 63.0 Å². The first-order valence-corrected chi connectivity index (χ1v) is 4.01. The largest absolute Gasteiger partial charge is 0.299 e. The lowest BCUT2D eigenvalue weighted by Gasteiger charge is -1.94. The van der Waals surface area contributed by atoms with E-state index >= 15 is 0 Å². The highest BCUT2D eigenvalue weighted by atomic mass is 14.9. The highest BCUT2D eigenvalue weighted by Crippen LogP contribution is 1.82. The molecule has 0 aliphatic heterocycles. The minimum atomic E-state index is 0.292. The van der Waals surface area contributed by atoms with Gasteiger partial charge in [0.1, 0.15) is 34.1 Å². The van der Waals surface area contributed by atoms with Crippen molar-refractivity contribution in [1.29, 1.82) is 0 Å². The molecule has 0 amide bonds. The summed E-state index contributed by atoms with van der Waals surface area (Å²) >= 11 is 0. The number of rotatable bonds is 3. The molecule has 0 bridgehead atoms. The Bertz CT molecular complexity index is 188. The van der Waals surface area contributed by atoms with E-state index in [1.54, 1.807) is 7.05 Å². The van der Waals surface area contributed by atoms with E-state index in [1.807, 2.05) is 43.6 Å². The predicted molar refractivity (Wildman–Crippen MR) is 54.3 cm³/mol. The van der Waals surface area contributed by atoms with Crippen LogP contribution in [0.15, 0.2) is 4.99 Å². The van der Waals surface area contributed by atoms with Crippen molar-refractivity contribution in [1.82, 2.24) is 0 Å². The third kappa shape index (κ3) is 5.77. The van der Waals surface area contributed by atoms with Gasteiger partial charge >= 0.3 is 0 Å². The van der Waals surface area contributed by atoms with Gasteiger partial charge in [0.05, 0.1) is 0 Å². The SMILES string of the molecule is CN=CC(C=[N+](C)C)C=[N+](C)C. The van der Waals surface area contributed by atoms with E-state index < -0.39 is 0 Å². The van der Waals surface area contributed by atoms with Crippen molar-refractivity contribution in [2.75, 3.05) is 35.2 Å². The lowest BCUT2D eigenvalue weighted by Crippen LogP contribution is -2.17. The summed E-state index contributed by atoms with van der Waals surface area (Å²) in [4.78, 5) is 4.00. The fourth-order valence-electron chi connectivity index (χ4n) is 0.976. The second-order valence-corrected chi connectivity index (χ2v) is 3.21. The van der Waals surface area contributed by atoms with Gasteiger partial charge in [-0.2, -0.15) is 0 Å². The van der Waals surface area contributed by atoms with Gasteiger partial charge in [0.15, 0.2) is 12.4 Å². The van der Waals surface area contributed by atoms with E-state index in [0.29, 0.717) is 5.92 Å². The number of hydrogen-bond donors (Lipinski definition) is 0. The van der Waals surface area contributed by atoms with E-state index in [1.165, 1.54) is 0 Å². The molecule has 0 fully saturated rings. The molecule has 0 saturated heterocycles. The first-order valence-electron chi connectivity index (χ1n) is 4.01. The van der Waals surface area contributed by atoms with Gasteiger partial charge in [-0.3, -0.25) is 4.99 Å². The Labute approximate surface area is 74.8 Å². The Hall–Kier alpha value is -0.990. The zero-order valence-corrected chi connectivity index (χ0v) is 8.65. The molecule has 0 aliphatic carbocycles. The van der Waals surface area contributed by atoms with Crippen molar-refractivity contribution in [3.05, 3.63) is 0 Å². The van der Waals surface area contributed by atoms with Gasteiger partial charge in [-0.05, 0) is 0 Å². The lowest BCUT2D eigenvalue weighted by atomic mass is 10.2. The van der Waals surface area contributed by atoms with Crippen LogP contribution in [0.4, 0.5) is 0 Å². The van der Waals surface area contributed by atoms with Crippen molar-refractivity contribution in [2.24, 2.45) is 10.9 Å². The Morgan fingerprint density at radius 3 is 1.67 bits per heavy atom. The van der Waals surface area contributed by atoms with Crippen LogP contribution in [-0.2, 0) is 0 Å². The fourth-order valence-corrected chi connectivity index (χ4v) is 0.976. The standard InChI is InChI=1S/C9H19N3/c1-10-6-9(7-11(2)3)8-12(4)5/h6-9H,1-5H3/q+2. The molecule has 3 nitrogen and oxygen atoms in total. The molecule has 0 aromatic carbocycles. The Balaban J connectivity index is 4.45. The van der Waals surface area contributed by atoms with Gasteiger partial charge in [-0.1, -0.05) is 0 Å². The first-order chi connectivity index (χ1) is 5.56. The van der Waals surface area contributed by atoms with Crippen LogP contribution in [0.1, 0.15) is 0 Å². The van der Waals surface area contributed by atoms with Gasteiger partial charge in [0.2, 0.25) is 0 Å². The summed E-state index contributed by atoms with van der Waals surface area (Å²) in [7, 11) is 9.85. The van der Waals surface area contributed by atoms with Crippen molar-refractivity contribution in [3.63, 3.8) is 0 Å². The summed E-state index contributed by atoms with van der Waals surface area (Å²) in [6.07, 6.45) is 6.12. The predicted octanol–water partition coefficient (Wildman–Crippen LogP) is -0.0110. The summed E-state index contributed by atoms with van der Waals surface area (Å²) in [6, 6.07) is 0. The minimum absolute atomic E-state index is 0.292. The maximum Gasteiger partial charge on any atom is 0.157 e. The normalized spacial score (nSPS) is 10.5. The van der Waals surface area contributed by atoms with E-state index in [0.717, 1.165) is 0 Å². The van der Waals surface area contributed by atoms with Gasteiger partial charge < -0.3 is 0 Å². The average Bonchev–Trinajstić information content (AvgIpc) is 1.84. The maximum atomic E-state index is 4.00. The molecular formula is C9H19N3+2. The summed E-state index contributed by atoms with van der Waals surface area (Å²) in [6.45, 7) is 0. The van der Waals surface area contributed by atoms with Crippen LogP contribution in [0.2, 0.25) is 0 Å². The molecule has 0 rings (SSSR count). The maximum absolute atomic E-state index is 4.00. The van der Waals surface area contributed by atoms with Gasteiger partial charge in [-0.15, -0.1) is 0 Å². The first kappa shape index (κ1) is 11.0. The smallest absolute Gasteiger partial charge is 0.157 e. The van der Waals surface area contributed by atoms with Crippen LogP contribution < -0.4 is 0 Å². The molecular weight excluding hydrogens is 150 g/mol. The number of nitrogens with zero attached hydrogens (tertiary/aromatic N) is 3. The highest BCUT2D eigenvalue weighted by molar-refractivity contribution is 5.98. The summed E-state index contributed by atoms with van der Waals surface area (Å²) < 4.78 is 4.07. The average molecular weight is 169 g/mol. The third-order valence-electron chi connectivity index (χ3n) is 1.26. The van der Waals surface area contributed by atoms with Crippen molar-refractivity contribution >= 4 is 18.6 Å². The Kier molecular flexibility index (Phi) is 5.17. The molecule has 12 heavy (non-hydrogen) atoms. The molecule has 0 atom stereocenters. The Morgan fingerprint density at radius 1 is 1.00 bits per heavy atom. The molecule has 0 aromatic rings. The summed E-state index contributed by atoms with van der Waals surface area (Å²) in [5.74, 6) is 0.292. The van der Waals surface area contributed by atoms with Crippen molar-refractivity contribution < 1.29 is 9.15 Å². The zero-order chi connectivity index (χ0) is 9.56. The molecule has 0 N–H and O–H groups in total. The molecule has 0 heterocycles. The number of hydrogen-bond acceptors (Lipinski definition) is 1. The van der Waals surface area contributed by atoms with E-state index in [4.69, 9.17) is 0 Å². The van der Waals surface area contributed by atoms with Gasteiger partial charge in [0, 0.05) is 13.3 Å². The van der Waals surface area contributed by atoms with Crippen LogP contribution in [0.3, 0.4) is 0 Å². The lowest BCUT2D eigenvalue weighted by molar-refractivity contribution is -0.466. The number of aliphatic imine (C=N–C) groups is 1. The Morgan fingerprint density at radius 2 is 1.42 bits per heavy atom. The van der Waals surface area contributed by atoms with E-state index in [-0.39, 0.29) is 0 Å². The molecule has 68 valence electrons. The van der Waals surface area contributed by atoms with Crippen molar-refractivity contribution in [3.8, 4) is 0 Å². The molecule has 0 aliphatic rings. The third-order valence-corrected chi connectivity index (χ3v) is 1.26. The summed E-state index contributed by atoms with van der Waals surface area (Å²) in [5, 5.41) is 0. The molecule has 0 aromatic heterocycles. The second kappa shape index (κ2) is 5.63. The van der Waals surface area contributed by atoms with Crippen molar-refractivity contribution in [2.45, 2.75) is 0 Å². The highest BCUT2D eigenvalue weighted by Gasteiger charge is 2.06.